The number of rotatable bonds is 11. The molecule has 0 radical (unpaired) electrons. The largest absolute Gasteiger partial charge is 0.355 e. The number of nitrogens with zero attached hydrogens (tertiary/aromatic N) is 2. The minimum Gasteiger partial charge on any atom is -0.355 e. The molecule has 37 heavy (non-hydrogen) atoms. The normalized spacial score (nSPS) is 12.0. The lowest BCUT2D eigenvalue weighted by Crippen LogP contribution is -2.52. The predicted molar refractivity (Wildman–Crippen MR) is 150 cm³/mol. The summed E-state index contributed by atoms with van der Waals surface area (Å²) < 4.78 is 29.3. The van der Waals surface area contributed by atoms with E-state index < -0.39 is 28.5 Å². The first-order chi connectivity index (χ1) is 17.7. The third kappa shape index (κ3) is 6.99. The molecule has 0 aliphatic heterocycles. The average Bonchev–Trinajstić information content (AvgIpc) is 2.88. The lowest BCUT2D eigenvalue weighted by Gasteiger charge is -2.33. The van der Waals surface area contributed by atoms with Crippen LogP contribution in [0.25, 0.3) is 0 Å². The Bertz CT molecular complexity index is 1330. The second kappa shape index (κ2) is 12.9. The molecule has 0 saturated heterocycles. The van der Waals surface area contributed by atoms with E-state index in [9.17, 15) is 18.0 Å². The summed E-state index contributed by atoms with van der Waals surface area (Å²) in [6.07, 6.45) is 0.381. The van der Waals surface area contributed by atoms with Gasteiger partial charge >= 0.3 is 0 Å². The lowest BCUT2D eigenvalue weighted by atomic mass is 10.1. The predicted octanol–water partition coefficient (Wildman–Crippen LogP) is 4.90. The van der Waals surface area contributed by atoms with Crippen molar-refractivity contribution in [2.45, 2.75) is 44.7 Å². The number of nitrogens with one attached hydrogen (secondary N) is 1. The fourth-order valence-electron chi connectivity index (χ4n) is 4.06. The summed E-state index contributed by atoms with van der Waals surface area (Å²) in [7, 11) is -4.08. The Morgan fingerprint density at radius 2 is 1.62 bits per heavy atom. The number of anilines is 1. The summed E-state index contributed by atoms with van der Waals surface area (Å²) in [4.78, 5) is 28.5. The molecule has 1 unspecified atom stereocenters. The molecule has 0 aromatic heterocycles. The third-order valence-corrected chi connectivity index (χ3v) is 8.33. The highest BCUT2D eigenvalue weighted by atomic mass is 79.9. The van der Waals surface area contributed by atoms with Crippen molar-refractivity contribution in [1.82, 2.24) is 10.2 Å². The summed E-state index contributed by atoms with van der Waals surface area (Å²) in [5.41, 5.74) is 2.21. The number of hydrogen-bond donors (Lipinski definition) is 1. The molecule has 2 amide bonds. The van der Waals surface area contributed by atoms with Gasteiger partial charge in [-0.3, -0.25) is 13.9 Å². The van der Waals surface area contributed by atoms with Gasteiger partial charge in [-0.2, -0.15) is 0 Å². The van der Waals surface area contributed by atoms with Gasteiger partial charge in [0.25, 0.3) is 10.0 Å². The van der Waals surface area contributed by atoms with Gasteiger partial charge < -0.3 is 10.2 Å². The van der Waals surface area contributed by atoms with Crippen LogP contribution in [0.15, 0.2) is 88.2 Å². The molecule has 0 aliphatic carbocycles. The third-order valence-electron chi connectivity index (χ3n) is 6.05. The summed E-state index contributed by atoms with van der Waals surface area (Å²) in [6.45, 7) is 5.74. The van der Waals surface area contributed by atoms with E-state index in [2.05, 4.69) is 21.2 Å². The number of sulfonamides is 1. The van der Waals surface area contributed by atoms with E-state index >= 15 is 0 Å². The first-order valence-corrected chi connectivity index (χ1v) is 14.4. The van der Waals surface area contributed by atoms with Crippen molar-refractivity contribution in [3.05, 3.63) is 94.5 Å². The quantitative estimate of drug-likeness (QED) is 0.347. The highest BCUT2D eigenvalue weighted by Crippen LogP contribution is 2.27. The second-order valence-electron chi connectivity index (χ2n) is 8.57. The number of amides is 2. The van der Waals surface area contributed by atoms with Gasteiger partial charge in [0.1, 0.15) is 12.6 Å². The number of halogens is 1. The highest BCUT2D eigenvalue weighted by molar-refractivity contribution is 9.10. The van der Waals surface area contributed by atoms with E-state index in [1.54, 1.807) is 42.5 Å². The molecule has 0 fully saturated rings. The monoisotopic (exact) mass is 585 g/mol. The zero-order chi connectivity index (χ0) is 27.0. The minimum atomic E-state index is -4.08. The van der Waals surface area contributed by atoms with Gasteiger partial charge in [0.05, 0.1) is 10.6 Å². The Hall–Kier alpha value is -3.17. The zero-order valence-corrected chi connectivity index (χ0v) is 23.6. The van der Waals surface area contributed by atoms with Crippen molar-refractivity contribution in [2.24, 2.45) is 0 Å². The van der Waals surface area contributed by atoms with Crippen LogP contribution in [0, 0.1) is 6.92 Å². The maximum absolute atomic E-state index is 13.9. The molecule has 7 nitrogen and oxygen atoms in total. The molecule has 3 aromatic rings. The van der Waals surface area contributed by atoms with Crippen LogP contribution >= 0.6 is 15.9 Å². The summed E-state index contributed by atoms with van der Waals surface area (Å²) in [5, 5.41) is 2.81. The number of hydrogen-bond acceptors (Lipinski definition) is 4. The maximum Gasteiger partial charge on any atom is 0.264 e. The van der Waals surface area contributed by atoms with Gasteiger partial charge in [-0.25, -0.2) is 8.42 Å². The Kier molecular flexibility index (Phi) is 9.88. The molecule has 0 spiro atoms. The number of benzene rings is 3. The number of carbonyl (C=O) groups is 2. The van der Waals surface area contributed by atoms with Crippen molar-refractivity contribution in [3.8, 4) is 0 Å². The van der Waals surface area contributed by atoms with Crippen LogP contribution in [0.4, 0.5) is 5.69 Å². The van der Waals surface area contributed by atoms with E-state index in [-0.39, 0.29) is 17.3 Å². The topological polar surface area (TPSA) is 86.8 Å². The molecule has 196 valence electrons. The Balaban J connectivity index is 2.06. The fourth-order valence-corrected chi connectivity index (χ4v) is 5.88. The van der Waals surface area contributed by atoms with Crippen LogP contribution in [-0.2, 0) is 26.2 Å². The molecule has 1 atom stereocenters. The summed E-state index contributed by atoms with van der Waals surface area (Å²) >= 11 is 3.40. The SMILES string of the molecule is CCNC(=O)C(CC)N(Cc1ccccc1C)C(=O)CN(c1cccc(Br)c1)S(=O)(=O)c1ccccc1. The van der Waals surface area contributed by atoms with Gasteiger partial charge in [-0.15, -0.1) is 0 Å². The number of aryl methyl sites for hydroxylation is 1. The molecule has 0 aliphatic rings. The van der Waals surface area contributed by atoms with Gasteiger partial charge in [-0.1, -0.05) is 71.4 Å². The fraction of sp³-hybridized carbons (Fsp3) is 0.286. The van der Waals surface area contributed by atoms with E-state index in [1.165, 1.54) is 17.0 Å². The maximum atomic E-state index is 13.9. The minimum absolute atomic E-state index is 0.0731. The number of likely N-dealkylation sites (N-methyl/N-ethyl adjacent to an activating group) is 1. The van der Waals surface area contributed by atoms with Crippen molar-refractivity contribution >= 4 is 43.5 Å². The first kappa shape index (κ1) is 28.4. The molecule has 0 saturated carbocycles. The van der Waals surface area contributed by atoms with Crippen LogP contribution in [0.5, 0.6) is 0 Å². The Morgan fingerprint density at radius 3 is 2.24 bits per heavy atom. The zero-order valence-electron chi connectivity index (χ0n) is 21.2. The van der Waals surface area contributed by atoms with E-state index in [0.29, 0.717) is 23.1 Å². The van der Waals surface area contributed by atoms with Crippen molar-refractivity contribution in [3.63, 3.8) is 0 Å². The molecule has 1 N–H and O–H groups in total. The van der Waals surface area contributed by atoms with Crippen LogP contribution in [0.3, 0.4) is 0 Å². The van der Waals surface area contributed by atoms with Gasteiger partial charge in [0.2, 0.25) is 11.8 Å². The van der Waals surface area contributed by atoms with E-state index in [4.69, 9.17) is 0 Å². The van der Waals surface area contributed by atoms with Crippen LogP contribution in [0.1, 0.15) is 31.4 Å². The Labute approximate surface area is 227 Å². The Morgan fingerprint density at radius 1 is 0.946 bits per heavy atom. The summed E-state index contributed by atoms with van der Waals surface area (Å²) in [5.74, 6) is -0.743. The second-order valence-corrected chi connectivity index (χ2v) is 11.3. The molecular formula is C28H32BrN3O4S. The van der Waals surface area contributed by atoms with Gasteiger partial charge in [0.15, 0.2) is 0 Å². The number of carbonyl (C=O) groups excluding carboxylic acids is 2. The molecule has 0 heterocycles. The lowest BCUT2D eigenvalue weighted by molar-refractivity contribution is -0.140. The van der Waals surface area contributed by atoms with Gasteiger partial charge in [-0.05, 0) is 61.7 Å². The van der Waals surface area contributed by atoms with Crippen molar-refractivity contribution < 1.29 is 18.0 Å². The molecule has 3 rings (SSSR count). The summed E-state index contributed by atoms with van der Waals surface area (Å²) in [6, 6.07) is 21.7. The molecule has 3 aromatic carbocycles. The standard InChI is InChI=1S/C28H32BrN3O4S/c1-4-26(28(34)30-5-2)31(19-22-13-10-9-12-21(22)3)27(33)20-32(24-15-11-14-23(29)18-24)37(35,36)25-16-7-6-8-17-25/h6-18,26H,4-5,19-20H2,1-3H3,(H,30,34). The molecule has 9 heteroatoms. The van der Waals surface area contributed by atoms with Gasteiger partial charge in [0, 0.05) is 17.6 Å². The first-order valence-electron chi connectivity index (χ1n) is 12.1. The van der Waals surface area contributed by atoms with Crippen LogP contribution in [0.2, 0.25) is 0 Å². The highest BCUT2D eigenvalue weighted by Gasteiger charge is 2.33. The van der Waals surface area contributed by atoms with Crippen LogP contribution in [-0.4, -0.2) is 44.3 Å². The molecule has 0 bridgehead atoms. The average molecular weight is 587 g/mol. The van der Waals surface area contributed by atoms with Crippen LogP contribution < -0.4 is 9.62 Å². The van der Waals surface area contributed by atoms with Crippen molar-refractivity contribution in [1.29, 1.82) is 0 Å². The van der Waals surface area contributed by atoms with E-state index in [1.807, 2.05) is 45.0 Å². The van der Waals surface area contributed by atoms with E-state index in [0.717, 1.165) is 15.4 Å². The van der Waals surface area contributed by atoms with Crippen molar-refractivity contribution in [2.75, 3.05) is 17.4 Å². The molecular weight excluding hydrogens is 554 g/mol. The smallest absolute Gasteiger partial charge is 0.264 e.